The summed E-state index contributed by atoms with van der Waals surface area (Å²) in [6.45, 7) is 2.54. The third kappa shape index (κ3) is 5.46. The van der Waals surface area contributed by atoms with Crippen molar-refractivity contribution in [3.63, 3.8) is 0 Å². The zero-order chi connectivity index (χ0) is 14.4. The largest absolute Gasteiger partial charge is 0.383 e. The second kappa shape index (κ2) is 9.42. The summed E-state index contributed by atoms with van der Waals surface area (Å²) < 4.78 is 4.83. The van der Waals surface area contributed by atoms with Gasteiger partial charge in [-0.05, 0) is 17.7 Å². The van der Waals surface area contributed by atoms with Gasteiger partial charge in [0.05, 0.1) is 6.61 Å². The van der Waals surface area contributed by atoms with Crippen LogP contribution in [0.25, 0.3) is 0 Å². The molecule has 0 saturated carbocycles. The number of hydrogen-bond acceptors (Lipinski definition) is 3. The van der Waals surface area contributed by atoms with E-state index in [1.807, 2.05) is 6.92 Å². The van der Waals surface area contributed by atoms with E-state index in [2.05, 4.69) is 5.32 Å². The van der Waals surface area contributed by atoms with Crippen LogP contribution in [-0.4, -0.2) is 32.2 Å². The van der Waals surface area contributed by atoms with Crippen molar-refractivity contribution in [1.82, 2.24) is 5.32 Å². The molecule has 20 heavy (non-hydrogen) atoms. The first-order chi connectivity index (χ1) is 8.97. The molecule has 1 aromatic carbocycles. The molecule has 0 saturated heterocycles. The van der Waals surface area contributed by atoms with Gasteiger partial charge in [0.2, 0.25) is 5.91 Å². The number of hydrogen-bond donors (Lipinski definition) is 2. The maximum atomic E-state index is 11.7. The van der Waals surface area contributed by atoms with Crippen molar-refractivity contribution in [2.75, 3.05) is 20.3 Å². The minimum atomic E-state index is -0.668. The lowest BCUT2D eigenvalue weighted by molar-refractivity contribution is -0.123. The molecule has 1 aromatic rings. The fourth-order valence-electron chi connectivity index (χ4n) is 1.72. The number of rotatable bonds is 6. The standard InChI is InChI=1S/C13H18Cl2N2O2.ClH/c1-8(6-17-13(18)11(16)7-19-2)12-9(14)4-3-5-10(12)15;/h3-5,8,11H,6-7,16H2,1-2H3,(H,17,18);1H. The summed E-state index contributed by atoms with van der Waals surface area (Å²) >= 11 is 12.2. The minimum absolute atomic E-state index is 0. The van der Waals surface area contributed by atoms with E-state index >= 15 is 0 Å². The molecule has 0 spiro atoms. The van der Waals surface area contributed by atoms with E-state index in [1.165, 1.54) is 7.11 Å². The van der Waals surface area contributed by atoms with Crippen LogP contribution in [0.2, 0.25) is 10.0 Å². The number of ether oxygens (including phenoxy) is 1. The van der Waals surface area contributed by atoms with Gasteiger partial charge in [0.25, 0.3) is 0 Å². The Hall–Kier alpha value is -0.520. The zero-order valence-corrected chi connectivity index (χ0v) is 13.7. The van der Waals surface area contributed by atoms with Crippen LogP contribution in [-0.2, 0) is 9.53 Å². The average molecular weight is 342 g/mol. The lowest BCUT2D eigenvalue weighted by atomic mass is 10.0. The normalized spacial score (nSPS) is 13.2. The van der Waals surface area contributed by atoms with Gasteiger partial charge in [0.15, 0.2) is 0 Å². The van der Waals surface area contributed by atoms with Crippen LogP contribution >= 0.6 is 35.6 Å². The van der Waals surface area contributed by atoms with Crippen molar-refractivity contribution in [2.45, 2.75) is 18.9 Å². The van der Waals surface area contributed by atoms with E-state index < -0.39 is 6.04 Å². The minimum Gasteiger partial charge on any atom is -0.383 e. The number of carbonyl (C=O) groups is 1. The molecule has 0 aromatic heterocycles. The molecule has 3 N–H and O–H groups in total. The van der Waals surface area contributed by atoms with E-state index in [9.17, 15) is 4.79 Å². The van der Waals surface area contributed by atoms with Gasteiger partial charge in [-0.2, -0.15) is 0 Å². The number of methoxy groups -OCH3 is 1. The van der Waals surface area contributed by atoms with Crippen molar-refractivity contribution >= 4 is 41.5 Å². The molecule has 7 heteroatoms. The summed E-state index contributed by atoms with van der Waals surface area (Å²) in [4.78, 5) is 11.7. The van der Waals surface area contributed by atoms with Gasteiger partial charge in [0, 0.05) is 29.6 Å². The SMILES string of the molecule is COCC(N)C(=O)NCC(C)c1c(Cl)cccc1Cl.Cl. The number of amides is 1. The molecule has 0 heterocycles. The Kier molecular flexibility index (Phi) is 9.18. The van der Waals surface area contributed by atoms with Crippen LogP contribution < -0.4 is 11.1 Å². The second-order valence-electron chi connectivity index (χ2n) is 4.34. The smallest absolute Gasteiger partial charge is 0.239 e. The van der Waals surface area contributed by atoms with E-state index in [0.717, 1.165) is 5.56 Å². The maximum absolute atomic E-state index is 11.7. The Morgan fingerprint density at radius 2 is 1.95 bits per heavy atom. The van der Waals surface area contributed by atoms with Crippen LogP contribution in [0.1, 0.15) is 18.4 Å². The van der Waals surface area contributed by atoms with E-state index in [0.29, 0.717) is 16.6 Å². The maximum Gasteiger partial charge on any atom is 0.239 e. The monoisotopic (exact) mass is 340 g/mol. The molecule has 2 atom stereocenters. The van der Waals surface area contributed by atoms with Gasteiger partial charge in [-0.3, -0.25) is 4.79 Å². The average Bonchev–Trinajstić information content (AvgIpc) is 2.36. The predicted octanol–water partition coefficient (Wildman–Crippen LogP) is 2.61. The van der Waals surface area contributed by atoms with E-state index in [-0.39, 0.29) is 30.8 Å². The Balaban J connectivity index is 0.00000361. The Morgan fingerprint density at radius 3 is 2.45 bits per heavy atom. The molecule has 1 amide bonds. The number of halogens is 3. The van der Waals surface area contributed by atoms with Crippen LogP contribution in [0.15, 0.2) is 18.2 Å². The fraction of sp³-hybridized carbons (Fsp3) is 0.462. The summed E-state index contributed by atoms with van der Waals surface area (Å²) in [6, 6.07) is 4.67. The molecule has 114 valence electrons. The summed E-state index contributed by atoms with van der Waals surface area (Å²) in [5, 5.41) is 3.94. The highest BCUT2D eigenvalue weighted by Gasteiger charge is 2.17. The summed E-state index contributed by atoms with van der Waals surface area (Å²) in [5.74, 6) is -0.253. The summed E-state index contributed by atoms with van der Waals surface area (Å²) in [6.07, 6.45) is 0. The Labute approximate surface area is 135 Å². The van der Waals surface area contributed by atoms with Gasteiger partial charge in [-0.15, -0.1) is 12.4 Å². The molecule has 0 aliphatic carbocycles. The van der Waals surface area contributed by atoms with Crippen LogP contribution in [0, 0.1) is 0 Å². The molecule has 1 rings (SSSR count). The zero-order valence-electron chi connectivity index (χ0n) is 11.4. The van der Waals surface area contributed by atoms with E-state index in [4.69, 9.17) is 33.7 Å². The third-order valence-electron chi connectivity index (χ3n) is 2.76. The molecular formula is C13H19Cl3N2O2. The van der Waals surface area contributed by atoms with Gasteiger partial charge >= 0.3 is 0 Å². The van der Waals surface area contributed by atoms with Crippen molar-refractivity contribution in [3.05, 3.63) is 33.8 Å². The number of nitrogens with two attached hydrogens (primary N) is 1. The van der Waals surface area contributed by atoms with E-state index in [1.54, 1.807) is 18.2 Å². The molecule has 0 aliphatic rings. The molecule has 4 nitrogen and oxygen atoms in total. The third-order valence-corrected chi connectivity index (χ3v) is 3.42. The molecule has 2 unspecified atom stereocenters. The van der Waals surface area contributed by atoms with Gasteiger partial charge in [-0.1, -0.05) is 36.2 Å². The summed E-state index contributed by atoms with van der Waals surface area (Å²) in [7, 11) is 1.50. The lowest BCUT2D eigenvalue weighted by Gasteiger charge is -2.17. The quantitative estimate of drug-likeness (QED) is 0.836. The number of nitrogens with one attached hydrogen (secondary N) is 1. The first-order valence-corrected chi connectivity index (χ1v) is 6.69. The molecule has 0 aliphatic heterocycles. The molecule has 0 fully saturated rings. The molecule has 0 bridgehead atoms. The Morgan fingerprint density at radius 1 is 1.40 bits per heavy atom. The first-order valence-electron chi connectivity index (χ1n) is 5.93. The second-order valence-corrected chi connectivity index (χ2v) is 5.16. The Bertz CT molecular complexity index is 423. The molecular weight excluding hydrogens is 323 g/mol. The number of benzene rings is 1. The van der Waals surface area contributed by atoms with Crippen LogP contribution in [0.3, 0.4) is 0 Å². The van der Waals surface area contributed by atoms with Gasteiger partial charge in [0.1, 0.15) is 6.04 Å². The van der Waals surface area contributed by atoms with Crippen molar-refractivity contribution in [1.29, 1.82) is 0 Å². The van der Waals surface area contributed by atoms with Crippen molar-refractivity contribution in [2.24, 2.45) is 5.73 Å². The highest BCUT2D eigenvalue weighted by atomic mass is 35.5. The predicted molar refractivity (Wildman–Crippen MR) is 85.0 cm³/mol. The highest BCUT2D eigenvalue weighted by molar-refractivity contribution is 6.36. The van der Waals surface area contributed by atoms with Crippen LogP contribution in [0.5, 0.6) is 0 Å². The highest BCUT2D eigenvalue weighted by Crippen LogP contribution is 2.30. The first kappa shape index (κ1) is 19.5. The van der Waals surface area contributed by atoms with Gasteiger partial charge < -0.3 is 15.8 Å². The number of carbonyl (C=O) groups excluding carboxylic acids is 1. The molecule has 0 radical (unpaired) electrons. The van der Waals surface area contributed by atoms with Crippen molar-refractivity contribution < 1.29 is 9.53 Å². The lowest BCUT2D eigenvalue weighted by Crippen LogP contribution is -2.44. The van der Waals surface area contributed by atoms with Crippen molar-refractivity contribution in [3.8, 4) is 0 Å². The topological polar surface area (TPSA) is 64.3 Å². The van der Waals surface area contributed by atoms with Gasteiger partial charge in [-0.25, -0.2) is 0 Å². The summed E-state index contributed by atoms with van der Waals surface area (Å²) in [5.41, 5.74) is 6.45. The fourth-order valence-corrected chi connectivity index (χ4v) is 2.49. The van der Waals surface area contributed by atoms with Crippen LogP contribution in [0.4, 0.5) is 0 Å².